The van der Waals surface area contributed by atoms with Crippen LogP contribution in [0, 0.1) is 0 Å². The van der Waals surface area contributed by atoms with Gasteiger partial charge in [0.05, 0.1) is 47.6 Å². The summed E-state index contributed by atoms with van der Waals surface area (Å²) in [6.07, 6.45) is 5.44. The van der Waals surface area contributed by atoms with Gasteiger partial charge in [-0.15, -0.1) is 0 Å². The summed E-state index contributed by atoms with van der Waals surface area (Å²) in [7, 11) is 3.65. The van der Waals surface area contributed by atoms with E-state index in [4.69, 9.17) is 25.8 Å². The Kier molecular flexibility index (Phi) is 6.22. The van der Waals surface area contributed by atoms with Crippen LogP contribution in [-0.2, 0) is 10.2 Å². The smallest absolute Gasteiger partial charge is 0.255 e. The van der Waals surface area contributed by atoms with Crippen LogP contribution in [-0.4, -0.2) is 73.9 Å². The fourth-order valence-electron chi connectivity index (χ4n) is 5.26. The molecule has 37 heavy (non-hydrogen) atoms. The van der Waals surface area contributed by atoms with Crippen molar-refractivity contribution in [2.45, 2.75) is 24.4 Å². The molecule has 3 N–H and O–H groups in total. The summed E-state index contributed by atoms with van der Waals surface area (Å²) < 4.78 is 17.7. The number of nitrogens with one attached hydrogen (secondary N) is 3. The number of benzene rings is 1. The van der Waals surface area contributed by atoms with Crippen molar-refractivity contribution in [2.24, 2.45) is 0 Å². The second kappa shape index (κ2) is 9.55. The molecule has 1 aliphatic carbocycles. The number of carbonyl (C=O) groups is 1. The molecule has 4 heterocycles. The van der Waals surface area contributed by atoms with E-state index in [0.717, 1.165) is 42.9 Å². The fourth-order valence-corrected chi connectivity index (χ4v) is 5.51. The van der Waals surface area contributed by atoms with Gasteiger partial charge >= 0.3 is 0 Å². The van der Waals surface area contributed by atoms with Gasteiger partial charge in [-0.3, -0.25) is 9.78 Å². The third-order valence-corrected chi connectivity index (χ3v) is 7.75. The number of amides is 1. The molecule has 2 fully saturated rings. The lowest BCUT2D eigenvalue weighted by Gasteiger charge is -2.30. The van der Waals surface area contributed by atoms with Gasteiger partial charge in [0.25, 0.3) is 5.91 Å². The highest BCUT2D eigenvalue weighted by Crippen LogP contribution is 2.54. The summed E-state index contributed by atoms with van der Waals surface area (Å²) in [5.41, 5.74) is 4.39. The zero-order chi connectivity index (χ0) is 25.6. The number of anilines is 2. The lowest BCUT2D eigenvalue weighted by molar-refractivity contribution is -0.0403. The average molecular weight is 524 g/mol. The van der Waals surface area contributed by atoms with Crippen LogP contribution in [0.1, 0.15) is 28.9 Å². The largest absolute Gasteiger partial charge is 0.493 e. The molecule has 0 radical (unpaired) electrons. The fraction of sp³-hybridized carbons (Fsp3) is 0.407. The number of halogens is 1. The number of morpholine rings is 1. The third-order valence-electron chi connectivity index (χ3n) is 7.45. The van der Waals surface area contributed by atoms with Crippen LogP contribution in [0.5, 0.6) is 11.5 Å². The van der Waals surface area contributed by atoms with Gasteiger partial charge in [0.15, 0.2) is 5.75 Å². The number of carbonyl (C=O) groups excluding carboxylic acids is 1. The predicted molar refractivity (Wildman–Crippen MR) is 141 cm³/mol. The molecule has 3 aliphatic rings. The molecule has 1 amide bonds. The lowest BCUT2D eigenvalue weighted by Crippen LogP contribution is -2.42. The second-order valence-corrected chi connectivity index (χ2v) is 10.4. The number of rotatable bonds is 7. The number of fused-ring (bicyclic) bond motifs is 2. The van der Waals surface area contributed by atoms with Crippen LogP contribution in [0.2, 0.25) is 5.02 Å². The van der Waals surface area contributed by atoms with Gasteiger partial charge in [-0.25, -0.2) is 0 Å². The van der Waals surface area contributed by atoms with Crippen LogP contribution in [0.4, 0.5) is 11.4 Å². The highest BCUT2D eigenvalue weighted by Gasteiger charge is 2.51. The molecule has 0 unspecified atom stereocenters. The number of aromatic amines is 1. The molecule has 1 saturated carbocycles. The van der Waals surface area contributed by atoms with Gasteiger partial charge < -0.3 is 34.7 Å². The molecule has 1 atom stereocenters. The average Bonchev–Trinajstić information content (AvgIpc) is 3.58. The van der Waals surface area contributed by atoms with Gasteiger partial charge in [-0.05, 0) is 38.1 Å². The van der Waals surface area contributed by atoms with Crippen molar-refractivity contribution >= 4 is 28.9 Å². The Bertz CT molecular complexity index is 1340. The number of hydrogen-bond acceptors (Lipinski definition) is 7. The van der Waals surface area contributed by atoms with E-state index in [1.54, 1.807) is 25.6 Å². The Hall–Kier alpha value is -3.27. The molecule has 1 spiro atoms. The summed E-state index contributed by atoms with van der Waals surface area (Å²) >= 11 is 6.41. The number of para-hydroxylation sites is 1. The van der Waals surface area contributed by atoms with Crippen LogP contribution < -0.4 is 20.1 Å². The zero-order valence-electron chi connectivity index (χ0n) is 20.9. The molecule has 3 aromatic rings. The minimum atomic E-state index is -0.117. The maximum absolute atomic E-state index is 13.2. The Morgan fingerprint density at radius 2 is 2.19 bits per heavy atom. The standard InChI is InChI=1S/C27H30ClN5O4/c1-33-10-11-36-16(13-33)14-37-20-12-29-9-6-17(20)22-23(31-19-5-3-4-18(28)24(19)35-2)21-25(32-22)27(7-8-27)15-30-26(21)34/h3-6,9,12,16,31-32H,7-8,10-11,13-15H2,1-2H3,(H,30,34)/t16-/m0/s1. The maximum atomic E-state index is 13.2. The number of pyridine rings is 1. The van der Waals surface area contributed by atoms with Gasteiger partial charge in [0, 0.05) is 42.5 Å². The van der Waals surface area contributed by atoms with Crippen molar-refractivity contribution in [1.29, 1.82) is 0 Å². The van der Waals surface area contributed by atoms with E-state index in [1.165, 1.54) is 0 Å². The van der Waals surface area contributed by atoms with Crippen LogP contribution in [0.3, 0.4) is 0 Å². The molecular formula is C27H30ClN5O4. The molecule has 194 valence electrons. The van der Waals surface area contributed by atoms with Crippen LogP contribution >= 0.6 is 11.6 Å². The number of methoxy groups -OCH3 is 1. The van der Waals surface area contributed by atoms with Gasteiger partial charge in [-0.1, -0.05) is 17.7 Å². The predicted octanol–water partition coefficient (Wildman–Crippen LogP) is 3.97. The van der Waals surface area contributed by atoms with E-state index in [2.05, 4.69) is 32.5 Å². The summed E-state index contributed by atoms with van der Waals surface area (Å²) in [5.74, 6) is 1.00. The summed E-state index contributed by atoms with van der Waals surface area (Å²) in [6.45, 7) is 3.43. The highest BCUT2D eigenvalue weighted by molar-refractivity contribution is 6.32. The summed E-state index contributed by atoms with van der Waals surface area (Å²) in [6, 6.07) is 7.39. The first-order chi connectivity index (χ1) is 18.0. The molecule has 2 aromatic heterocycles. The molecule has 10 heteroatoms. The molecule has 1 aromatic carbocycles. The monoisotopic (exact) mass is 523 g/mol. The van der Waals surface area contributed by atoms with E-state index >= 15 is 0 Å². The topological polar surface area (TPSA) is 101 Å². The maximum Gasteiger partial charge on any atom is 0.255 e. The summed E-state index contributed by atoms with van der Waals surface area (Å²) in [5, 5.41) is 7.03. The first-order valence-electron chi connectivity index (χ1n) is 12.5. The van der Waals surface area contributed by atoms with Crippen LogP contribution in [0.15, 0.2) is 36.7 Å². The highest BCUT2D eigenvalue weighted by atomic mass is 35.5. The Balaban J connectivity index is 1.43. The Labute approximate surface area is 220 Å². The number of H-pyrrole nitrogens is 1. The van der Waals surface area contributed by atoms with Gasteiger partial charge in [0.1, 0.15) is 18.5 Å². The lowest BCUT2D eigenvalue weighted by atomic mass is 9.93. The van der Waals surface area contributed by atoms with Crippen molar-refractivity contribution in [1.82, 2.24) is 20.2 Å². The van der Waals surface area contributed by atoms with Crippen molar-refractivity contribution in [3.8, 4) is 22.8 Å². The van der Waals surface area contributed by atoms with Crippen molar-refractivity contribution in [2.75, 3.05) is 52.3 Å². The number of aromatic nitrogens is 2. The quantitative estimate of drug-likeness (QED) is 0.431. The SMILES string of the molecule is COc1c(Cl)cccc1Nc1c(-c2ccncc2OC[C@@H]2CN(C)CCO2)[nH]c2c1C(=O)NCC21CC1. The van der Waals surface area contributed by atoms with E-state index in [-0.39, 0.29) is 17.4 Å². The second-order valence-electron chi connectivity index (χ2n) is 9.97. The number of likely N-dealkylation sites (N-methyl/N-ethyl adjacent to an activating group) is 1. The van der Waals surface area contributed by atoms with Crippen LogP contribution in [0.25, 0.3) is 11.3 Å². The van der Waals surface area contributed by atoms with Gasteiger partial charge in [0.2, 0.25) is 0 Å². The molecule has 6 rings (SSSR count). The Morgan fingerprint density at radius 1 is 1.32 bits per heavy atom. The van der Waals surface area contributed by atoms with E-state index < -0.39 is 0 Å². The molecule has 2 aliphatic heterocycles. The first kappa shape index (κ1) is 24.1. The summed E-state index contributed by atoms with van der Waals surface area (Å²) in [4.78, 5) is 23.4. The van der Waals surface area contributed by atoms with E-state index in [9.17, 15) is 4.79 Å². The Morgan fingerprint density at radius 3 is 2.97 bits per heavy atom. The van der Waals surface area contributed by atoms with Crippen molar-refractivity contribution < 1.29 is 19.0 Å². The third kappa shape index (κ3) is 4.41. The normalized spacial score (nSPS) is 20.3. The number of nitrogens with zero attached hydrogens (tertiary/aromatic N) is 2. The molecule has 9 nitrogen and oxygen atoms in total. The first-order valence-corrected chi connectivity index (χ1v) is 12.9. The number of hydrogen-bond donors (Lipinski definition) is 3. The van der Waals surface area contributed by atoms with Gasteiger partial charge in [-0.2, -0.15) is 0 Å². The minimum absolute atomic E-state index is 0.0301. The molecule has 0 bridgehead atoms. The molecule has 1 saturated heterocycles. The van der Waals surface area contributed by atoms with Crippen molar-refractivity contribution in [3.63, 3.8) is 0 Å². The van der Waals surface area contributed by atoms with E-state index in [1.807, 2.05) is 18.2 Å². The number of ether oxygens (including phenoxy) is 3. The van der Waals surface area contributed by atoms with E-state index in [0.29, 0.717) is 53.2 Å². The minimum Gasteiger partial charge on any atom is -0.493 e. The molecular weight excluding hydrogens is 494 g/mol. The zero-order valence-corrected chi connectivity index (χ0v) is 21.7. The van der Waals surface area contributed by atoms with Crippen molar-refractivity contribution in [3.05, 3.63) is 52.9 Å².